The zero-order valence-corrected chi connectivity index (χ0v) is 11.0. The molecule has 0 saturated carbocycles. The van der Waals surface area contributed by atoms with Gasteiger partial charge in [0.05, 0.1) is 0 Å². The van der Waals surface area contributed by atoms with Crippen LogP contribution in [-0.4, -0.2) is 6.04 Å². The second kappa shape index (κ2) is 6.36. The van der Waals surface area contributed by atoms with Crippen molar-refractivity contribution in [2.24, 2.45) is 5.73 Å². The summed E-state index contributed by atoms with van der Waals surface area (Å²) in [6.45, 7) is 2.18. The van der Waals surface area contributed by atoms with Crippen LogP contribution in [0.3, 0.4) is 0 Å². The van der Waals surface area contributed by atoms with Gasteiger partial charge in [0.2, 0.25) is 0 Å². The van der Waals surface area contributed by atoms with Crippen molar-refractivity contribution in [1.82, 2.24) is 0 Å². The molecule has 0 aromatic heterocycles. The molecule has 0 aliphatic heterocycles. The molecule has 1 nitrogen and oxygen atoms in total. The molecule has 0 heterocycles. The van der Waals surface area contributed by atoms with Crippen LogP contribution in [0.4, 0.5) is 0 Å². The van der Waals surface area contributed by atoms with Crippen LogP contribution in [-0.2, 0) is 6.42 Å². The molecule has 0 amide bonds. The smallest absolute Gasteiger partial charge is 0.00792 e. The predicted molar refractivity (Wildman–Crippen MR) is 78.5 cm³/mol. The maximum atomic E-state index is 6.07. The van der Waals surface area contributed by atoms with Crippen LogP contribution in [0.15, 0.2) is 54.6 Å². The number of hydrogen-bond donors (Lipinski definition) is 1. The Morgan fingerprint density at radius 3 is 2.11 bits per heavy atom. The van der Waals surface area contributed by atoms with Crippen molar-refractivity contribution >= 4 is 0 Å². The Hall–Kier alpha value is -1.60. The van der Waals surface area contributed by atoms with Gasteiger partial charge in [-0.1, -0.05) is 67.9 Å². The van der Waals surface area contributed by atoms with Crippen molar-refractivity contribution in [2.45, 2.75) is 32.2 Å². The number of hydrogen-bond acceptors (Lipinski definition) is 1. The lowest BCUT2D eigenvalue weighted by molar-refractivity contribution is 0.600. The normalized spacial score (nSPS) is 12.3. The van der Waals surface area contributed by atoms with Crippen molar-refractivity contribution in [3.8, 4) is 11.1 Å². The zero-order valence-electron chi connectivity index (χ0n) is 11.0. The van der Waals surface area contributed by atoms with Crippen LogP contribution in [0.5, 0.6) is 0 Å². The van der Waals surface area contributed by atoms with Crippen LogP contribution < -0.4 is 5.73 Å². The minimum atomic E-state index is 0.289. The first-order valence-electron chi connectivity index (χ1n) is 6.69. The molecule has 94 valence electrons. The highest BCUT2D eigenvalue weighted by Crippen LogP contribution is 2.19. The van der Waals surface area contributed by atoms with E-state index in [0.29, 0.717) is 0 Å². The van der Waals surface area contributed by atoms with Crippen LogP contribution in [0.1, 0.15) is 25.3 Å². The van der Waals surface area contributed by atoms with Crippen LogP contribution >= 0.6 is 0 Å². The summed E-state index contributed by atoms with van der Waals surface area (Å²) in [6, 6.07) is 19.5. The van der Waals surface area contributed by atoms with Gasteiger partial charge in [0.25, 0.3) is 0 Å². The Balaban J connectivity index is 2.06. The number of rotatable bonds is 5. The minimum absolute atomic E-state index is 0.289. The molecule has 1 atom stereocenters. The fourth-order valence-corrected chi connectivity index (χ4v) is 2.24. The molecule has 0 spiro atoms. The standard InChI is InChI=1S/C17H21N/c1-2-6-17(18)13-14-9-11-16(12-10-14)15-7-4-3-5-8-15/h3-5,7-12,17H,2,6,13,18H2,1H3. The van der Waals surface area contributed by atoms with Gasteiger partial charge in [-0.3, -0.25) is 0 Å². The minimum Gasteiger partial charge on any atom is -0.327 e. The summed E-state index contributed by atoms with van der Waals surface area (Å²) in [6.07, 6.45) is 3.23. The van der Waals surface area contributed by atoms with Gasteiger partial charge in [0.15, 0.2) is 0 Å². The number of benzene rings is 2. The first-order chi connectivity index (χ1) is 8.79. The van der Waals surface area contributed by atoms with E-state index >= 15 is 0 Å². The summed E-state index contributed by atoms with van der Waals surface area (Å²) in [7, 11) is 0. The third-order valence-corrected chi connectivity index (χ3v) is 3.22. The maximum absolute atomic E-state index is 6.07. The fraction of sp³-hybridized carbons (Fsp3) is 0.294. The Morgan fingerprint density at radius 2 is 1.50 bits per heavy atom. The Kier molecular flexibility index (Phi) is 4.54. The van der Waals surface area contributed by atoms with Gasteiger partial charge in [0, 0.05) is 6.04 Å². The highest BCUT2D eigenvalue weighted by Gasteiger charge is 2.03. The van der Waals surface area contributed by atoms with Crippen LogP contribution in [0, 0.1) is 0 Å². The van der Waals surface area contributed by atoms with Crippen molar-refractivity contribution in [1.29, 1.82) is 0 Å². The monoisotopic (exact) mass is 239 g/mol. The molecule has 0 aliphatic rings. The van der Waals surface area contributed by atoms with E-state index in [1.807, 2.05) is 6.07 Å². The van der Waals surface area contributed by atoms with Gasteiger partial charge in [-0.15, -0.1) is 0 Å². The summed E-state index contributed by atoms with van der Waals surface area (Å²) >= 11 is 0. The predicted octanol–water partition coefficient (Wildman–Crippen LogP) is 4.02. The van der Waals surface area contributed by atoms with Crippen molar-refractivity contribution in [3.05, 3.63) is 60.2 Å². The zero-order chi connectivity index (χ0) is 12.8. The molecule has 2 aromatic rings. The van der Waals surface area contributed by atoms with Gasteiger partial charge in [-0.05, 0) is 29.5 Å². The van der Waals surface area contributed by atoms with Gasteiger partial charge in [-0.2, -0.15) is 0 Å². The molecule has 1 unspecified atom stereocenters. The first-order valence-corrected chi connectivity index (χ1v) is 6.69. The average molecular weight is 239 g/mol. The second-order valence-corrected chi connectivity index (χ2v) is 4.82. The molecule has 0 aliphatic carbocycles. The van der Waals surface area contributed by atoms with Crippen molar-refractivity contribution in [2.75, 3.05) is 0 Å². The molecule has 18 heavy (non-hydrogen) atoms. The van der Waals surface area contributed by atoms with E-state index in [4.69, 9.17) is 5.73 Å². The molecule has 0 fully saturated rings. The van der Waals surface area contributed by atoms with E-state index in [0.717, 1.165) is 19.3 Å². The molecule has 0 saturated heterocycles. The summed E-state index contributed by atoms with van der Waals surface area (Å²) in [5.74, 6) is 0. The molecule has 2 rings (SSSR count). The molecule has 2 aromatic carbocycles. The van der Waals surface area contributed by atoms with Crippen molar-refractivity contribution < 1.29 is 0 Å². The summed E-state index contributed by atoms with van der Waals surface area (Å²) in [5.41, 5.74) is 9.93. The lowest BCUT2D eigenvalue weighted by atomic mass is 9.99. The van der Waals surface area contributed by atoms with E-state index in [9.17, 15) is 0 Å². The van der Waals surface area contributed by atoms with E-state index in [2.05, 4.69) is 55.5 Å². The highest BCUT2D eigenvalue weighted by atomic mass is 14.6. The molecule has 0 radical (unpaired) electrons. The van der Waals surface area contributed by atoms with E-state index < -0.39 is 0 Å². The largest absolute Gasteiger partial charge is 0.327 e. The van der Waals surface area contributed by atoms with Crippen LogP contribution in [0.25, 0.3) is 11.1 Å². The highest BCUT2D eigenvalue weighted by molar-refractivity contribution is 5.63. The van der Waals surface area contributed by atoms with E-state index in [-0.39, 0.29) is 6.04 Å². The second-order valence-electron chi connectivity index (χ2n) is 4.82. The van der Waals surface area contributed by atoms with Gasteiger partial charge >= 0.3 is 0 Å². The molecule has 2 N–H and O–H groups in total. The van der Waals surface area contributed by atoms with Gasteiger partial charge in [-0.25, -0.2) is 0 Å². The third-order valence-electron chi connectivity index (χ3n) is 3.22. The lowest BCUT2D eigenvalue weighted by Gasteiger charge is -2.10. The fourth-order valence-electron chi connectivity index (χ4n) is 2.24. The molecular formula is C17H21N. The molecule has 1 heteroatoms. The average Bonchev–Trinajstić information content (AvgIpc) is 2.41. The first kappa shape index (κ1) is 12.8. The lowest BCUT2D eigenvalue weighted by Crippen LogP contribution is -2.22. The quantitative estimate of drug-likeness (QED) is 0.837. The Bertz CT molecular complexity index is 459. The Morgan fingerprint density at radius 1 is 0.889 bits per heavy atom. The van der Waals surface area contributed by atoms with Crippen LogP contribution in [0.2, 0.25) is 0 Å². The van der Waals surface area contributed by atoms with E-state index in [1.165, 1.54) is 16.7 Å². The molecule has 0 bridgehead atoms. The summed E-state index contributed by atoms with van der Waals surface area (Å²) in [4.78, 5) is 0. The summed E-state index contributed by atoms with van der Waals surface area (Å²) in [5, 5.41) is 0. The van der Waals surface area contributed by atoms with Gasteiger partial charge < -0.3 is 5.73 Å². The Labute approximate surface area is 110 Å². The van der Waals surface area contributed by atoms with E-state index in [1.54, 1.807) is 0 Å². The third kappa shape index (κ3) is 3.44. The van der Waals surface area contributed by atoms with Crippen molar-refractivity contribution in [3.63, 3.8) is 0 Å². The molecular weight excluding hydrogens is 218 g/mol. The van der Waals surface area contributed by atoms with Gasteiger partial charge in [0.1, 0.15) is 0 Å². The maximum Gasteiger partial charge on any atom is 0.00792 e. The summed E-state index contributed by atoms with van der Waals surface area (Å²) < 4.78 is 0. The number of nitrogens with two attached hydrogens (primary N) is 1. The topological polar surface area (TPSA) is 26.0 Å². The SMILES string of the molecule is CCCC(N)Cc1ccc(-c2ccccc2)cc1.